The monoisotopic (exact) mass is 391 g/mol. The molecule has 1 fully saturated rings. The number of carbonyl (C=O) groups excluding carboxylic acids is 3. The van der Waals surface area contributed by atoms with Crippen LogP contribution in [0.25, 0.3) is 6.08 Å². The number of benzene rings is 1. The van der Waals surface area contributed by atoms with E-state index in [1.807, 2.05) is 26.0 Å². The Labute approximate surface area is 163 Å². The third-order valence-corrected chi connectivity index (χ3v) is 4.98. The van der Waals surface area contributed by atoms with Gasteiger partial charge >= 0.3 is 5.97 Å². The molecule has 0 spiro atoms. The molecule has 0 atom stereocenters. The molecule has 1 saturated heterocycles. The van der Waals surface area contributed by atoms with Crippen LogP contribution >= 0.6 is 11.8 Å². The number of rotatable bonds is 7. The van der Waals surface area contributed by atoms with Crippen LogP contribution in [-0.4, -0.2) is 41.8 Å². The summed E-state index contributed by atoms with van der Waals surface area (Å²) >= 11 is 0.834. The van der Waals surface area contributed by atoms with E-state index in [1.165, 1.54) is 0 Å². The first kappa shape index (κ1) is 21.0. The highest BCUT2D eigenvalue weighted by Gasteiger charge is 2.36. The van der Waals surface area contributed by atoms with E-state index in [2.05, 4.69) is 13.8 Å². The number of carbonyl (C=O) groups is 3. The lowest BCUT2D eigenvalue weighted by Gasteiger charge is -2.16. The lowest BCUT2D eigenvalue weighted by Crippen LogP contribution is -2.34. The van der Waals surface area contributed by atoms with Crippen LogP contribution < -0.4 is 4.74 Å². The third kappa shape index (κ3) is 4.91. The minimum Gasteiger partial charge on any atom is -0.494 e. The molecular weight excluding hydrogens is 366 g/mol. The average Bonchev–Trinajstić information content (AvgIpc) is 2.85. The minimum atomic E-state index is -0.597. The molecule has 0 aromatic heterocycles. The highest BCUT2D eigenvalue weighted by Crippen LogP contribution is 2.35. The molecule has 0 aliphatic carbocycles. The maximum atomic E-state index is 12.5. The van der Waals surface area contributed by atoms with E-state index < -0.39 is 17.1 Å². The van der Waals surface area contributed by atoms with Crippen molar-refractivity contribution in [2.24, 2.45) is 0 Å². The van der Waals surface area contributed by atoms with Gasteiger partial charge in [-0.05, 0) is 73.4 Å². The van der Waals surface area contributed by atoms with Crippen LogP contribution in [0.4, 0.5) is 4.79 Å². The number of thioether (sulfide) groups is 1. The van der Waals surface area contributed by atoms with Gasteiger partial charge in [-0.25, -0.2) is 0 Å². The van der Waals surface area contributed by atoms with Gasteiger partial charge < -0.3 is 9.47 Å². The highest BCUT2D eigenvalue weighted by atomic mass is 32.2. The molecule has 0 N–H and O–H groups in total. The number of ether oxygens (including phenoxy) is 2. The number of aryl methyl sites for hydroxylation is 1. The quantitative estimate of drug-likeness (QED) is 0.514. The maximum Gasteiger partial charge on any atom is 0.326 e. The van der Waals surface area contributed by atoms with E-state index in [9.17, 15) is 14.4 Å². The Morgan fingerprint density at radius 1 is 1.22 bits per heavy atom. The number of nitrogens with zero attached hydrogens (tertiary/aromatic N) is 1. The molecule has 7 heteroatoms. The average molecular weight is 391 g/mol. The first-order valence-electron chi connectivity index (χ1n) is 8.96. The maximum absolute atomic E-state index is 12.5. The first-order valence-corrected chi connectivity index (χ1v) is 9.78. The van der Waals surface area contributed by atoms with Crippen LogP contribution in [0.3, 0.4) is 0 Å². The molecule has 6 nitrogen and oxygen atoms in total. The summed E-state index contributed by atoms with van der Waals surface area (Å²) in [5, 5.41) is -0.466. The fraction of sp³-hybridized carbons (Fsp3) is 0.450. The number of imide groups is 1. The summed E-state index contributed by atoms with van der Waals surface area (Å²) < 4.78 is 10.5. The smallest absolute Gasteiger partial charge is 0.326 e. The van der Waals surface area contributed by atoms with E-state index in [0.717, 1.165) is 39.1 Å². The summed E-state index contributed by atoms with van der Waals surface area (Å²) in [5.74, 6) is 0.00793. The number of hydrogen-bond donors (Lipinski definition) is 0. The van der Waals surface area contributed by atoms with E-state index >= 15 is 0 Å². The summed E-state index contributed by atoms with van der Waals surface area (Å²) in [7, 11) is 0. The van der Waals surface area contributed by atoms with Crippen molar-refractivity contribution in [1.29, 1.82) is 0 Å². The van der Waals surface area contributed by atoms with Crippen molar-refractivity contribution in [3.63, 3.8) is 0 Å². The minimum absolute atomic E-state index is 0.203. The summed E-state index contributed by atoms with van der Waals surface area (Å²) in [5.41, 5.74) is 2.84. The molecule has 1 aromatic carbocycles. The van der Waals surface area contributed by atoms with Gasteiger partial charge in [0.2, 0.25) is 0 Å². The second-order valence-corrected chi connectivity index (χ2v) is 7.40. The zero-order valence-electron chi connectivity index (χ0n) is 16.3. The second kappa shape index (κ2) is 9.08. The van der Waals surface area contributed by atoms with Crippen LogP contribution in [0.5, 0.6) is 5.75 Å². The van der Waals surface area contributed by atoms with Gasteiger partial charge in [0.05, 0.1) is 18.1 Å². The van der Waals surface area contributed by atoms with Gasteiger partial charge in [-0.15, -0.1) is 0 Å². The summed E-state index contributed by atoms with van der Waals surface area (Å²) in [4.78, 5) is 37.5. The molecule has 0 unspecified atom stereocenters. The third-order valence-electron chi connectivity index (χ3n) is 4.07. The fourth-order valence-corrected chi connectivity index (χ4v) is 3.55. The van der Waals surface area contributed by atoms with Gasteiger partial charge in [0.15, 0.2) is 0 Å². The van der Waals surface area contributed by atoms with Gasteiger partial charge in [0.1, 0.15) is 12.3 Å². The Balaban J connectivity index is 2.33. The summed E-state index contributed by atoms with van der Waals surface area (Å²) in [6, 6.07) is 3.94. The molecule has 1 aromatic rings. The van der Waals surface area contributed by atoms with Crippen molar-refractivity contribution in [3.05, 3.63) is 33.7 Å². The zero-order valence-corrected chi connectivity index (χ0v) is 17.1. The molecular formula is C20H25NO5S. The van der Waals surface area contributed by atoms with Gasteiger partial charge in [-0.1, -0.05) is 13.8 Å². The largest absolute Gasteiger partial charge is 0.494 e. The van der Waals surface area contributed by atoms with Crippen molar-refractivity contribution < 1.29 is 23.9 Å². The normalized spacial score (nSPS) is 15.8. The molecule has 1 aliphatic heterocycles. The standard InChI is InChI=1S/C20H25NO5S/c1-6-25-16-8-13(5)14(9-15(16)12(3)4)10-17-19(23)21(20(24)27-17)11-18(22)26-7-2/h8-10,12H,6-7,11H2,1-5H3. The molecule has 1 aliphatic rings. The zero-order chi connectivity index (χ0) is 20.1. The highest BCUT2D eigenvalue weighted by molar-refractivity contribution is 8.18. The van der Waals surface area contributed by atoms with Gasteiger partial charge in [0, 0.05) is 0 Å². The molecule has 0 saturated carbocycles. The molecule has 146 valence electrons. The Morgan fingerprint density at radius 2 is 1.93 bits per heavy atom. The predicted octanol–water partition coefficient (Wildman–Crippen LogP) is 4.12. The lowest BCUT2D eigenvalue weighted by molar-refractivity contribution is -0.145. The Hall–Kier alpha value is -2.28. The van der Waals surface area contributed by atoms with Crippen LogP contribution in [0.1, 0.15) is 50.3 Å². The Morgan fingerprint density at radius 3 is 2.52 bits per heavy atom. The molecule has 0 bridgehead atoms. The number of esters is 1. The molecule has 2 amide bonds. The van der Waals surface area contributed by atoms with Crippen LogP contribution in [0.2, 0.25) is 0 Å². The molecule has 0 radical (unpaired) electrons. The van der Waals surface area contributed by atoms with Gasteiger partial charge in [-0.2, -0.15) is 0 Å². The first-order chi connectivity index (χ1) is 12.8. The Bertz CT molecular complexity index is 785. The second-order valence-electron chi connectivity index (χ2n) is 6.41. The topological polar surface area (TPSA) is 72.9 Å². The summed E-state index contributed by atoms with van der Waals surface area (Å²) in [6.07, 6.45) is 1.70. The van der Waals surface area contributed by atoms with Crippen LogP contribution in [0.15, 0.2) is 17.0 Å². The predicted molar refractivity (Wildman–Crippen MR) is 106 cm³/mol. The van der Waals surface area contributed by atoms with E-state index in [-0.39, 0.29) is 19.1 Å². The summed E-state index contributed by atoms with van der Waals surface area (Å²) in [6.45, 7) is 10.1. The lowest BCUT2D eigenvalue weighted by atomic mass is 9.96. The molecule has 27 heavy (non-hydrogen) atoms. The molecule has 1 heterocycles. The number of hydrogen-bond acceptors (Lipinski definition) is 6. The van der Waals surface area contributed by atoms with Gasteiger partial charge in [0.25, 0.3) is 11.1 Å². The van der Waals surface area contributed by atoms with Crippen LogP contribution in [-0.2, 0) is 14.3 Å². The molecule has 2 rings (SSSR count). The fourth-order valence-electron chi connectivity index (χ4n) is 2.72. The van der Waals surface area contributed by atoms with Crippen molar-refractivity contribution in [2.45, 2.75) is 40.5 Å². The van der Waals surface area contributed by atoms with E-state index in [0.29, 0.717) is 11.5 Å². The Kier molecular flexibility index (Phi) is 7.07. The van der Waals surface area contributed by atoms with Crippen molar-refractivity contribution in [2.75, 3.05) is 19.8 Å². The van der Waals surface area contributed by atoms with Crippen molar-refractivity contribution >= 4 is 35.0 Å². The number of amides is 2. The van der Waals surface area contributed by atoms with Crippen molar-refractivity contribution in [3.8, 4) is 5.75 Å². The SMILES string of the molecule is CCOC(=O)CN1C(=O)SC(=Cc2cc(C(C)C)c(OCC)cc2C)C1=O. The van der Waals surface area contributed by atoms with E-state index in [1.54, 1.807) is 13.0 Å². The van der Waals surface area contributed by atoms with Crippen molar-refractivity contribution in [1.82, 2.24) is 4.90 Å². The van der Waals surface area contributed by atoms with Gasteiger partial charge in [-0.3, -0.25) is 19.3 Å². The van der Waals surface area contributed by atoms with E-state index in [4.69, 9.17) is 9.47 Å². The van der Waals surface area contributed by atoms with Crippen LogP contribution in [0, 0.1) is 6.92 Å².